The summed E-state index contributed by atoms with van der Waals surface area (Å²) in [6.07, 6.45) is 0.334. The van der Waals surface area contributed by atoms with Gasteiger partial charge in [0.15, 0.2) is 4.80 Å². The first-order chi connectivity index (χ1) is 10.9. The second-order valence-electron chi connectivity index (χ2n) is 5.39. The number of likely N-dealkylation sites (tertiary alicyclic amines) is 1. The van der Waals surface area contributed by atoms with Crippen LogP contribution in [0.15, 0.2) is 17.1 Å². The first-order valence-corrected chi connectivity index (χ1v) is 8.22. The Bertz CT molecular complexity index is 897. The van der Waals surface area contributed by atoms with Crippen LogP contribution in [-0.2, 0) is 21.4 Å². The lowest BCUT2D eigenvalue weighted by Crippen LogP contribution is -2.34. The number of nitrogens with zero attached hydrogens (tertiary/aromatic N) is 3. The first kappa shape index (κ1) is 15.9. The maximum absolute atomic E-state index is 12.1. The van der Waals surface area contributed by atoms with Crippen LogP contribution < -0.4 is 4.80 Å². The van der Waals surface area contributed by atoms with Gasteiger partial charge in [0.25, 0.3) is 5.91 Å². The Kier molecular flexibility index (Phi) is 4.08. The highest BCUT2D eigenvalue weighted by molar-refractivity contribution is 7.16. The fraction of sp³-hybridized carbons (Fsp3) is 0.333. The SMILES string of the molecule is Cc1cc(Cl)cc2sc(=NC(=O)CN3C(=O)CCC3=O)n(C)c12. The number of fused-ring (bicyclic) bond motifs is 1. The first-order valence-electron chi connectivity index (χ1n) is 7.03. The maximum Gasteiger partial charge on any atom is 0.268 e. The zero-order chi connectivity index (χ0) is 16.7. The van der Waals surface area contributed by atoms with Crippen LogP contribution in [0.5, 0.6) is 0 Å². The number of rotatable bonds is 2. The van der Waals surface area contributed by atoms with Crippen LogP contribution in [0, 0.1) is 6.92 Å². The number of benzene rings is 1. The van der Waals surface area contributed by atoms with Gasteiger partial charge in [-0.05, 0) is 24.6 Å². The molecule has 0 saturated carbocycles. The average molecular weight is 352 g/mol. The third kappa shape index (κ3) is 2.94. The molecule has 0 atom stereocenters. The van der Waals surface area contributed by atoms with E-state index in [2.05, 4.69) is 4.99 Å². The van der Waals surface area contributed by atoms with Gasteiger partial charge in [0.05, 0.1) is 10.2 Å². The molecule has 120 valence electrons. The van der Waals surface area contributed by atoms with E-state index in [1.54, 1.807) is 0 Å². The number of hydrogen-bond acceptors (Lipinski definition) is 4. The highest BCUT2D eigenvalue weighted by Gasteiger charge is 2.30. The van der Waals surface area contributed by atoms with Crippen LogP contribution >= 0.6 is 22.9 Å². The smallest absolute Gasteiger partial charge is 0.268 e. The Hall–Kier alpha value is -1.99. The van der Waals surface area contributed by atoms with E-state index in [4.69, 9.17) is 11.6 Å². The number of halogens is 1. The minimum absolute atomic E-state index is 0.167. The van der Waals surface area contributed by atoms with Crippen molar-refractivity contribution in [2.75, 3.05) is 6.54 Å². The van der Waals surface area contributed by atoms with E-state index in [0.717, 1.165) is 20.7 Å². The highest BCUT2D eigenvalue weighted by atomic mass is 35.5. The summed E-state index contributed by atoms with van der Waals surface area (Å²) >= 11 is 7.40. The van der Waals surface area contributed by atoms with Crippen molar-refractivity contribution < 1.29 is 14.4 Å². The third-order valence-electron chi connectivity index (χ3n) is 3.72. The molecule has 0 N–H and O–H groups in total. The van der Waals surface area contributed by atoms with Crippen molar-refractivity contribution in [1.29, 1.82) is 0 Å². The molecule has 0 unspecified atom stereocenters. The molecule has 0 spiro atoms. The van der Waals surface area contributed by atoms with Crippen LogP contribution in [-0.4, -0.2) is 33.7 Å². The van der Waals surface area contributed by atoms with Gasteiger partial charge in [-0.1, -0.05) is 22.9 Å². The summed E-state index contributed by atoms with van der Waals surface area (Å²) in [7, 11) is 1.82. The van der Waals surface area contributed by atoms with Gasteiger partial charge in [-0.2, -0.15) is 4.99 Å². The molecule has 1 aliphatic heterocycles. The van der Waals surface area contributed by atoms with E-state index >= 15 is 0 Å². The maximum atomic E-state index is 12.1. The molecule has 1 saturated heterocycles. The molecule has 6 nitrogen and oxygen atoms in total. The van der Waals surface area contributed by atoms with Gasteiger partial charge >= 0.3 is 0 Å². The summed E-state index contributed by atoms with van der Waals surface area (Å²) in [6.45, 7) is 1.64. The Balaban J connectivity index is 1.96. The molecule has 23 heavy (non-hydrogen) atoms. The molecule has 3 rings (SSSR count). The molecule has 1 aromatic heterocycles. The second kappa shape index (κ2) is 5.90. The fourth-order valence-electron chi connectivity index (χ4n) is 2.65. The van der Waals surface area contributed by atoms with Crippen molar-refractivity contribution >= 4 is 50.9 Å². The van der Waals surface area contributed by atoms with E-state index in [1.807, 2.05) is 30.7 Å². The molecule has 3 amide bonds. The summed E-state index contributed by atoms with van der Waals surface area (Å²) in [5.74, 6) is -1.15. The fourth-order valence-corrected chi connectivity index (χ4v) is 4.14. The number of thiazole rings is 1. The predicted molar refractivity (Wildman–Crippen MR) is 87.1 cm³/mol. The van der Waals surface area contributed by atoms with Crippen LogP contribution in [0.1, 0.15) is 18.4 Å². The van der Waals surface area contributed by atoms with Crippen molar-refractivity contribution in [1.82, 2.24) is 9.47 Å². The Morgan fingerprint density at radius 3 is 2.61 bits per heavy atom. The summed E-state index contributed by atoms with van der Waals surface area (Å²) in [5.41, 5.74) is 1.95. The van der Waals surface area contributed by atoms with Gasteiger partial charge in [0, 0.05) is 24.9 Å². The lowest BCUT2D eigenvalue weighted by molar-refractivity contribution is -0.141. The van der Waals surface area contributed by atoms with Crippen molar-refractivity contribution in [3.63, 3.8) is 0 Å². The number of aromatic nitrogens is 1. The number of amides is 3. The number of imide groups is 1. The molecule has 0 bridgehead atoms. The van der Waals surface area contributed by atoms with Gasteiger partial charge in [0.2, 0.25) is 11.8 Å². The molecule has 1 aliphatic rings. The van der Waals surface area contributed by atoms with Crippen LogP contribution in [0.25, 0.3) is 10.2 Å². The van der Waals surface area contributed by atoms with E-state index < -0.39 is 5.91 Å². The van der Waals surface area contributed by atoms with E-state index in [9.17, 15) is 14.4 Å². The van der Waals surface area contributed by atoms with Gasteiger partial charge in [-0.25, -0.2) is 0 Å². The Labute approximate surface area is 141 Å². The summed E-state index contributed by atoms with van der Waals surface area (Å²) in [5, 5.41) is 0.628. The average Bonchev–Trinajstić information content (AvgIpc) is 2.93. The summed E-state index contributed by atoms with van der Waals surface area (Å²) < 4.78 is 2.74. The minimum atomic E-state index is -0.514. The van der Waals surface area contributed by atoms with E-state index in [-0.39, 0.29) is 31.2 Å². The number of carbonyl (C=O) groups excluding carboxylic acids is 3. The molecule has 2 heterocycles. The molecule has 1 fully saturated rings. The zero-order valence-corrected chi connectivity index (χ0v) is 14.2. The lowest BCUT2D eigenvalue weighted by atomic mass is 10.2. The van der Waals surface area contributed by atoms with Crippen molar-refractivity contribution in [3.8, 4) is 0 Å². The van der Waals surface area contributed by atoms with Gasteiger partial charge < -0.3 is 4.57 Å². The minimum Gasteiger partial charge on any atom is -0.319 e. The molecule has 1 aromatic carbocycles. The van der Waals surface area contributed by atoms with Gasteiger partial charge in [0.1, 0.15) is 6.54 Å². The molecular weight excluding hydrogens is 338 g/mol. The molecule has 0 radical (unpaired) electrons. The topological polar surface area (TPSA) is 71.7 Å². The predicted octanol–water partition coefficient (Wildman–Crippen LogP) is 1.78. The standard InChI is InChI=1S/C15H14ClN3O3S/c1-8-5-9(16)6-10-14(8)18(2)15(23-10)17-11(20)7-19-12(21)3-4-13(19)22/h5-6H,3-4,7H2,1-2H3. The lowest BCUT2D eigenvalue weighted by Gasteiger charge is -2.09. The number of aryl methyl sites for hydroxylation is 2. The quantitative estimate of drug-likeness (QED) is 0.774. The number of hydrogen-bond donors (Lipinski definition) is 0. The summed E-state index contributed by atoms with van der Waals surface area (Å²) in [4.78, 5) is 40.7. The molecule has 8 heteroatoms. The summed E-state index contributed by atoms with van der Waals surface area (Å²) in [6, 6.07) is 3.68. The van der Waals surface area contributed by atoms with Crippen molar-refractivity contribution in [2.45, 2.75) is 19.8 Å². The molecular formula is C15H14ClN3O3S. The highest BCUT2D eigenvalue weighted by Crippen LogP contribution is 2.25. The molecule has 0 aliphatic carbocycles. The van der Waals surface area contributed by atoms with E-state index in [0.29, 0.717) is 9.82 Å². The van der Waals surface area contributed by atoms with Crippen LogP contribution in [0.4, 0.5) is 0 Å². The Morgan fingerprint density at radius 1 is 1.30 bits per heavy atom. The van der Waals surface area contributed by atoms with Crippen molar-refractivity contribution in [3.05, 3.63) is 27.5 Å². The van der Waals surface area contributed by atoms with Crippen LogP contribution in [0.2, 0.25) is 5.02 Å². The van der Waals surface area contributed by atoms with Crippen LogP contribution in [0.3, 0.4) is 0 Å². The monoisotopic (exact) mass is 351 g/mol. The largest absolute Gasteiger partial charge is 0.319 e. The van der Waals surface area contributed by atoms with E-state index in [1.165, 1.54) is 11.3 Å². The molecule has 2 aromatic rings. The third-order valence-corrected chi connectivity index (χ3v) is 5.02. The van der Waals surface area contributed by atoms with Gasteiger partial charge in [-0.15, -0.1) is 0 Å². The van der Waals surface area contributed by atoms with Gasteiger partial charge in [-0.3, -0.25) is 19.3 Å². The number of carbonyl (C=O) groups is 3. The second-order valence-corrected chi connectivity index (χ2v) is 6.84. The van der Waals surface area contributed by atoms with Crippen molar-refractivity contribution in [2.24, 2.45) is 12.0 Å². The Morgan fingerprint density at radius 2 is 1.96 bits per heavy atom. The zero-order valence-electron chi connectivity index (χ0n) is 12.6. The normalized spacial score (nSPS) is 16.0.